The van der Waals surface area contributed by atoms with Crippen molar-refractivity contribution in [1.82, 2.24) is 4.98 Å². The Kier molecular flexibility index (Phi) is 2.31. The predicted molar refractivity (Wildman–Crippen MR) is 66.7 cm³/mol. The van der Waals surface area contributed by atoms with Gasteiger partial charge in [0.15, 0.2) is 6.23 Å². The second-order valence-corrected chi connectivity index (χ2v) is 3.96. The topological polar surface area (TPSA) is 86.7 Å². The maximum atomic E-state index is 11.5. The molecule has 6 heteroatoms. The molecule has 0 amide bonds. The summed E-state index contributed by atoms with van der Waals surface area (Å²) in [6, 6.07) is 5.12. The van der Waals surface area contributed by atoms with E-state index in [2.05, 4.69) is 20.0 Å². The van der Waals surface area contributed by atoms with Gasteiger partial charge in [-0.1, -0.05) is 0 Å². The minimum absolute atomic E-state index is 0.409. The predicted octanol–water partition coefficient (Wildman–Crippen LogP) is 1.40. The van der Waals surface area contributed by atoms with Crippen molar-refractivity contribution in [2.24, 2.45) is 4.99 Å². The molecule has 0 spiro atoms. The van der Waals surface area contributed by atoms with Crippen molar-refractivity contribution in [3.05, 3.63) is 29.3 Å². The van der Waals surface area contributed by atoms with Crippen molar-refractivity contribution in [2.45, 2.75) is 6.23 Å². The highest BCUT2D eigenvalue weighted by molar-refractivity contribution is 5.99. The number of aromatic amines is 1. The van der Waals surface area contributed by atoms with Crippen LogP contribution in [0, 0.1) is 0 Å². The molecular weight excluding hydrogens is 234 g/mol. The number of anilines is 1. The first-order valence-corrected chi connectivity index (χ1v) is 5.41. The van der Waals surface area contributed by atoms with Gasteiger partial charge in [0.25, 0.3) is 0 Å². The SMILES string of the molecule is COC(=O)c1ccc2[nH]c3c(c2c1)C(O)N=CN3. The van der Waals surface area contributed by atoms with Gasteiger partial charge in [-0.3, -0.25) is 0 Å². The summed E-state index contributed by atoms with van der Waals surface area (Å²) in [5, 5.41) is 13.5. The van der Waals surface area contributed by atoms with E-state index < -0.39 is 12.2 Å². The summed E-state index contributed by atoms with van der Waals surface area (Å²) in [6.07, 6.45) is 0.506. The van der Waals surface area contributed by atoms with Crippen molar-refractivity contribution in [3.63, 3.8) is 0 Å². The van der Waals surface area contributed by atoms with Gasteiger partial charge < -0.3 is 20.1 Å². The number of nitrogens with zero attached hydrogens (tertiary/aromatic N) is 1. The summed E-state index contributed by atoms with van der Waals surface area (Å²) in [5.74, 6) is 0.281. The molecule has 0 fully saturated rings. The van der Waals surface area contributed by atoms with Gasteiger partial charge in [-0.15, -0.1) is 0 Å². The van der Waals surface area contributed by atoms with Crippen molar-refractivity contribution in [2.75, 3.05) is 12.4 Å². The fraction of sp³-hybridized carbons (Fsp3) is 0.167. The number of nitrogens with one attached hydrogen (secondary N) is 2. The number of ether oxygens (including phenoxy) is 1. The van der Waals surface area contributed by atoms with Crippen molar-refractivity contribution < 1.29 is 14.6 Å². The molecule has 92 valence electrons. The standard InChI is InChI=1S/C12H11N3O3/c1-18-12(17)6-2-3-8-7(4-6)9-10(15-8)13-5-14-11(9)16/h2-5,11,15-16H,1H3,(H,13,14). The van der Waals surface area contributed by atoms with Crippen molar-refractivity contribution in [1.29, 1.82) is 0 Å². The molecule has 1 aromatic carbocycles. The van der Waals surface area contributed by atoms with E-state index in [1.54, 1.807) is 18.2 Å². The van der Waals surface area contributed by atoms with Gasteiger partial charge in [0.05, 0.1) is 24.6 Å². The Morgan fingerprint density at radius 1 is 1.50 bits per heavy atom. The average Bonchev–Trinajstić information content (AvgIpc) is 2.76. The molecular formula is C12H11N3O3. The lowest BCUT2D eigenvalue weighted by atomic mass is 10.1. The zero-order chi connectivity index (χ0) is 12.7. The summed E-state index contributed by atoms with van der Waals surface area (Å²) >= 11 is 0. The van der Waals surface area contributed by atoms with E-state index in [9.17, 15) is 9.90 Å². The van der Waals surface area contributed by atoms with Crippen LogP contribution >= 0.6 is 0 Å². The van der Waals surface area contributed by atoms with E-state index in [4.69, 9.17) is 0 Å². The highest BCUT2D eigenvalue weighted by Crippen LogP contribution is 2.34. The molecule has 1 aliphatic heterocycles. The minimum atomic E-state index is -0.928. The summed E-state index contributed by atoms with van der Waals surface area (Å²) in [7, 11) is 1.33. The molecule has 2 heterocycles. The molecule has 6 nitrogen and oxygen atoms in total. The van der Waals surface area contributed by atoms with Gasteiger partial charge in [0, 0.05) is 10.9 Å². The smallest absolute Gasteiger partial charge is 0.337 e. The second-order valence-electron chi connectivity index (χ2n) is 3.96. The Morgan fingerprint density at radius 3 is 3.11 bits per heavy atom. The molecule has 1 aliphatic rings. The third-order valence-corrected chi connectivity index (χ3v) is 2.94. The van der Waals surface area contributed by atoms with E-state index in [1.165, 1.54) is 13.4 Å². The molecule has 18 heavy (non-hydrogen) atoms. The number of hydrogen-bond acceptors (Lipinski definition) is 5. The maximum Gasteiger partial charge on any atom is 0.337 e. The van der Waals surface area contributed by atoms with E-state index in [1.807, 2.05) is 0 Å². The number of aliphatic hydroxyl groups is 1. The minimum Gasteiger partial charge on any atom is -0.465 e. The normalized spacial score (nSPS) is 17.3. The molecule has 1 atom stereocenters. The number of aliphatic imine (C=N–C) groups is 1. The monoisotopic (exact) mass is 245 g/mol. The van der Waals surface area contributed by atoms with E-state index >= 15 is 0 Å². The van der Waals surface area contributed by atoms with E-state index in [-0.39, 0.29) is 0 Å². The van der Waals surface area contributed by atoms with Gasteiger partial charge in [0.1, 0.15) is 5.82 Å². The molecule has 0 saturated heterocycles. The lowest BCUT2D eigenvalue weighted by Crippen LogP contribution is -2.08. The van der Waals surface area contributed by atoms with Crippen LogP contribution < -0.4 is 5.32 Å². The number of aromatic nitrogens is 1. The number of benzene rings is 1. The zero-order valence-corrected chi connectivity index (χ0v) is 9.60. The lowest BCUT2D eigenvalue weighted by Gasteiger charge is -2.12. The zero-order valence-electron chi connectivity index (χ0n) is 9.60. The van der Waals surface area contributed by atoms with Crippen LogP contribution in [0.2, 0.25) is 0 Å². The molecule has 1 aromatic heterocycles. The van der Waals surface area contributed by atoms with Crippen LogP contribution in [0.4, 0.5) is 5.82 Å². The molecule has 0 radical (unpaired) electrons. The van der Waals surface area contributed by atoms with Crippen molar-refractivity contribution >= 4 is 29.0 Å². The van der Waals surface area contributed by atoms with Crippen LogP contribution in [0.3, 0.4) is 0 Å². The van der Waals surface area contributed by atoms with Crippen LogP contribution in [0.25, 0.3) is 10.9 Å². The highest BCUT2D eigenvalue weighted by Gasteiger charge is 2.21. The number of H-pyrrole nitrogens is 1. The quantitative estimate of drug-likeness (QED) is 0.663. The number of carbonyl (C=O) groups is 1. The number of hydrogen-bond donors (Lipinski definition) is 3. The molecule has 1 unspecified atom stereocenters. The Hall–Kier alpha value is -2.34. The number of methoxy groups -OCH3 is 1. The highest BCUT2D eigenvalue weighted by atomic mass is 16.5. The Balaban J connectivity index is 2.22. The average molecular weight is 245 g/mol. The molecule has 2 aromatic rings. The fourth-order valence-corrected chi connectivity index (χ4v) is 2.09. The Bertz CT molecular complexity index is 660. The third kappa shape index (κ3) is 1.46. The number of rotatable bonds is 1. The number of aliphatic hydroxyl groups excluding tert-OH is 1. The Morgan fingerprint density at radius 2 is 2.33 bits per heavy atom. The molecule has 0 aliphatic carbocycles. The van der Waals surface area contributed by atoms with Gasteiger partial charge in [-0.05, 0) is 18.2 Å². The fourth-order valence-electron chi connectivity index (χ4n) is 2.09. The third-order valence-electron chi connectivity index (χ3n) is 2.94. The molecule has 3 rings (SSSR count). The second kappa shape index (κ2) is 3.85. The van der Waals surface area contributed by atoms with Gasteiger partial charge in [-0.2, -0.15) is 0 Å². The summed E-state index contributed by atoms with van der Waals surface area (Å²) < 4.78 is 4.68. The molecule has 0 bridgehead atoms. The molecule has 0 saturated carbocycles. The van der Waals surface area contributed by atoms with Gasteiger partial charge in [-0.25, -0.2) is 9.79 Å². The number of esters is 1. The van der Waals surface area contributed by atoms with Crippen LogP contribution in [-0.2, 0) is 4.74 Å². The number of fused-ring (bicyclic) bond motifs is 3. The first kappa shape index (κ1) is 10.8. The van der Waals surface area contributed by atoms with Gasteiger partial charge in [0.2, 0.25) is 0 Å². The van der Waals surface area contributed by atoms with E-state index in [0.29, 0.717) is 16.9 Å². The van der Waals surface area contributed by atoms with E-state index in [0.717, 1.165) is 10.9 Å². The molecule has 3 N–H and O–H groups in total. The van der Waals surface area contributed by atoms with Crippen LogP contribution in [0.5, 0.6) is 0 Å². The first-order valence-electron chi connectivity index (χ1n) is 5.41. The Labute approximate surface area is 102 Å². The largest absolute Gasteiger partial charge is 0.465 e. The maximum absolute atomic E-state index is 11.5. The summed E-state index contributed by atoms with van der Waals surface area (Å²) in [6.45, 7) is 0. The number of carbonyl (C=O) groups excluding carboxylic acids is 1. The van der Waals surface area contributed by atoms with Gasteiger partial charge >= 0.3 is 5.97 Å². The summed E-state index contributed by atoms with van der Waals surface area (Å²) in [4.78, 5) is 18.5. The van der Waals surface area contributed by atoms with Crippen LogP contribution in [-0.4, -0.2) is 29.5 Å². The summed E-state index contributed by atoms with van der Waals surface area (Å²) in [5.41, 5.74) is 1.90. The van der Waals surface area contributed by atoms with Crippen LogP contribution in [0.1, 0.15) is 22.1 Å². The first-order chi connectivity index (χ1) is 8.70. The lowest BCUT2D eigenvalue weighted by molar-refractivity contribution is 0.0601. The van der Waals surface area contributed by atoms with Crippen LogP contribution in [0.15, 0.2) is 23.2 Å². The van der Waals surface area contributed by atoms with Crippen molar-refractivity contribution in [3.8, 4) is 0 Å².